The molecule has 1 saturated carbocycles. The Kier molecular flexibility index (Phi) is 8.82. The molecule has 2 aliphatic rings. The number of rotatable bonds is 6. The fourth-order valence-corrected chi connectivity index (χ4v) is 6.15. The Balaban J connectivity index is 1.33. The summed E-state index contributed by atoms with van der Waals surface area (Å²) in [7, 11) is 0. The highest BCUT2D eigenvalue weighted by atomic mass is 19.4. The number of hydrogen-bond donors (Lipinski definition) is 0. The van der Waals surface area contributed by atoms with E-state index in [1.165, 1.54) is 19.1 Å². The fourth-order valence-electron chi connectivity index (χ4n) is 6.15. The Hall–Kier alpha value is -3.48. The van der Waals surface area contributed by atoms with Crippen LogP contribution in [-0.4, -0.2) is 44.8 Å². The normalized spacial score (nSPS) is 24.1. The second kappa shape index (κ2) is 12.3. The third-order valence-corrected chi connectivity index (χ3v) is 8.52. The third kappa shape index (κ3) is 7.19. The second-order valence-corrected chi connectivity index (χ2v) is 11.3. The van der Waals surface area contributed by atoms with Crippen molar-refractivity contribution >= 4 is 5.91 Å². The number of alkyl halides is 6. The number of benzene rings is 2. The monoisotopic (exact) mass is 612 g/mol. The number of carbonyl (C=O) groups excluding carboxylic acids is 1. The zero-order valence-electron chi connectivity index (χ0n) is 23.3. The summed E-state index contributed by atoms with van der Waals surface area (Å²) in [6, 6.07) is 7.30. The highest BCUT2D eigenvalue weighted by Crippen LogP contribution is 2.40. The Morgan fingerprint density at radius 3 is 2.02 bits per heavy atom. The zero-order chi connectivity index (χ0) is 30.9. The highest BCUT2D eigenvalue weighted by molar-refractivity contribution is 5.79. The lowest BCUT2D eigenvalue weighted by Crippen LogP contribution is -2.48. The lowest BCUT2D eigenvalue weighted by atomic mass is 9.83. The molecule has 2 aromatic carbocycles. The van der Waals surface area contributed by atoms with E-state index in [0.29, 0.717) is 43.5 Å². The van der Waals surface area contributed by atoms with Gasteiger partial charge in [-0.05, 0) is 80.5 Å². The van der Waals surface area contributed by atoms with Crippen LogP contribution in [0.2, 0.25) is 0 Å². The third-order valence-electron chi connectivity index (χ3n) is 8.52. The van der Waals surface area contributed by atoms with Gasteiger partial charge in [0.2, 0.25) is 5.91 Å². The molecule has 0 radical (unpaired) electrons. The van der Waals surface area contributed by atoms with Crippen LogP contribution in [0.5, 0.6) is 0 Å². The van der Waals surface area contributed by atoms with Crippen molar-refractivity contribution in [3.05, 3.63) is 83.2 Å². The summed E-state index contributed by atoms with van der Waals surface area (Å²) in [4.78, 5) is 15.3. The van der Waals surface area contributed by atoms with Crippen molar-refractivity contribution in [1.29, 1.82) is 0 Å². The SMILES string of the molecule is C[C@@H](O[C@H]1CCN(C(=O)[C@H]2CC[C@H](n3cnnc3)CC2)C[C@@H]1c1ccc(F)cc1)c1cc(C(F)(F)F)cc(C(F)(F)F)c1. The van der Waals surface area contributed by atoms with Crippen LogP contribution < -0.4 is 0 Å². The molecule has 0 spiro atoms. The molecule has 13 heteroatoms. The topological polar surface area (TPSA) is 60.2 Å². The number of carbonyl (C=O) groups is 1. The predicted molar refractivity (Wildman–Crippen MR) is 141 cm³/mol. The van der Waals surface area contributed by atoms with Gasteiger partial charge in [0.1, 0.15) is 18.5 Å². The number of amides is 1. The van der Waals surface area contributed by atoms with E-state index in [-0.39, 0.29) is 36.0 Å². The quantitative estimate of drug-likeness (QED) is 0.273. The Bertz CT molecular complexity index is 1350. The molecule has 1 saturated heterocycles. The maximum Gasteiger partial charge on any atom is 0.416 e. The minimum absolute atomic E-state index is 0.00601. The van der Waals surface area contributed by atoms with Gasteiger partial charge in [0, 0.05) is 31.0 Å². The summed E-state index contributed by atoms with van der Waals surface area (Å²) in [5, 5.41) is 7.69. The van der Waals surface area contributed by atoms with Crippen LogP contribution in [0.15, 0.2) is 55.1 Å². The first-order valence-corrected chi connectivity index (χ1v) is 14.1. The molecule has 0 unspecified atom stereocenters. The molecule has 2 fully saturated rings. The zero-order valence-corrected chi connectivity index (χ0v) is 23.3. The van der Waals surface area contributed by atoms with Gasteiger partial charge in [0.05, 0.1) is 23.3 Å². The molecular weight excluding hydrogens is 581 g/mol. The molecule has 1 aromatic heterocycles. The largest absolute Gasteiger partial charge is 0.416 e. The van der Waals surface area contributed by atoms with E-state index in [4.69, 9.17) is 4.74 Å². The van der Waals surface area contributed by atoms with Crippen LogP contribution in [0.1, 0.15) is 79.3 Å². The number of nitrogens with zero attached hydrogens (tertiary/aromatic N) is 4. The van der Waals surface area contributed by atoms with Crippen molar-refractivity contribution in [2.45, 2.75) is 75.5 Å². The minimum Gasteiger partial charge on any atom is -0.370 e. The van der Waals surface area contributed by atoms with Crippen molar-refractivity contribution in [3.63, 3.8) is 0 Å². The maximum absolute atomic E-state index is 13.7. The van der Waals surface area contributed by atoms with Crippen molar-refractivity contribution < 1.29 is 40.3 Å². The highest BCUT2D eigenvalue weighted by Gasteiger charge is 2.40. The molecule has 3 aromatic rings. The van der Waals surface area contributed by atoms with Crippen molar-refractivity contribution in [3.8, 4) is 0 Å². The Morgan fingerprint density at radius 2 is 1.47 bits per heavy atom. The van der Waals surface area contributed by atoms with Gasteiger partial charge < -0.3 is 14.2 Å². The van der Waals surface area contributed by atoms with E-state index in [1.54, 1.807) is 29.7 Å². The smallest absolute Gasteiger partial charge is 0.370 e. The van der Waals surface area contributed by atoms with Gasteiger partial charge in [-0.3, -0.25) is 4.79 Å². The van der Waals surface area contributed by atoms with Crippen LogP contribution in [0.4, 0.5) is 30.7 Å². The van der Waals surface area contributed by atoms with Crippen LogP contribution in [-0.2, 0) is 21.9 Å². The Labute approximate surface area is 243 Å². The number of aromatic nitrogens is 3. The minimum atomic E-state index is -4.98. The van der Waals surface area contributed by atoms with Crippen molar-refractivity contribution in [1.82, 2.24) is 19.7 Å². The van der Waals surface area contributed by atoms with E-state index in [9.17, 15) is 35.5 Å². The van der Waals surface area contributed by atoms with Crippen molar-refractivity contribution in [2.75, 3.05) is 13.1 Å². The maximum atomic E-state index is 13.7. The summed E-state index contributed by atoms with van der Waals surface area (Å²) < 4.78 is 103. The van der Waals surface area contributed by atoms with E-state index >= 15 is 0 Å². The number of likely N-dealkylation sites (tertiary alicyclic amines) is 1. The molecule has 2 heterocycles. The molecule has 0 N–H and O–H groups in total. The van der Waals surface area contributed by atoms with Crippen LogP contribution in [0, 0.1) is 11.7 Å². The first-order chi connectivity index (χ1) is 20.3. The molecule has 1 aliphatic carbocycles. The lowest BCUT2D eigenvalue weighted by Gasteiger charge is -2.42. The average Bonchev–Trinajstić information content (AvgIpc) is 3.52. The number of hydrogen-bond acceptors (Lipinski definition) is 4. The average molecular weight is 613 g/mol. The number of ether oxygens (including phenoxy) is 1. The van der Waals surface area contributed by atoms with Gasteiger partial charge in [-0.25, -0.2) is 4.39 Å². The van der Waals surface area contributed by atoms with Gasteiger partial charge in [0.15, 0.2) is 0 Å². The molecule has 1 aliphatic heterocycles. The molecular formula is C30H31F7N4O2. The molecule has 1 amide bonds. The molecule has 0 bridgehead atoms. The summed E-state index contributed by atoms with van der Waals surface area (Å²) >= 11 is 0. The summed E-state index contributed by atoms with van der Waals surface area (Å²) in [6.45, 7) is 1.95. The fraction of sp³-hybridized carbons (Fsp3) is 0.500. The predicted octanol–water partition coefficient (Wildman–Crippen LogP) is 7.35. The van der Waals surface area contributed by atoms with E-state index in [2.05, 4.69) is 10.2 Å². The molecule has 43 heavy (non-hydrogen) atoms. The number of halogens is 7. The van der Waals surface area contributed by atoms with Gasteiger partial charge in [-0.1, -0.05) is 12.1 Å². The van der Waals surface area contributed by atoms with E-state index in [0.717, 1.165) is 12.8 Å². The standard InChI is InChI=1S/C30H31F7N4O2/c1-18(21-12-22(29(32,33)34)14-23(13-21)30(35,36)37)43-27-10-11-40(15-26(27)19-2-6-24(31)7-3-19)28(42)20-4-8-25(9-5-20)41-16-38-39-17-41/h2-3,6-7,12-14,16-18,20,25-27H,4-5,8-11,15H2,1H3/t18-,20-,25-,26-,27+/m1/s1. The van der Waals surface area contributed by atoms with Crippen molar-refractivity contribution in [2.24, 2.45) is 5.92 Å². The van der Waals surface area contributed by atoms with E-state index in [1.807, 2.05) is 4.57 Å². The summed E-state index contributed by atoms with van der Waals surface area (Å²) in [5.41, 5.74) is -2.43. The Morgan fingerprint density at radius 1 is 0.884 bits per heavy atom. The molecule has 232 valence electrons. The summed E-state index contributed by atoms with van der Waals surface area (Å²) in [6.07, 6.45) is -5.12. The van der Waals surface area contributed by atoms with Gasteiger partial charge in [-0.2, -0.15) is 26.3 Å². The van der Waals surface area contributed by atoms with Crippen LogP contribution in [0.3, 0.4) is 0 Å². The lowest BCUT2D eigenvalue weighted by molar-refractivity contribution is -0.143. The summed E-state index contributed by atoms with van der Waals surface area (Å²) in [5.74, 6) is -1.12. The van der Waals surface area contributed by atoms with Gasteiger partial charge in [0.25, 0.3) is 0 Å². The first kappa shape index (κ1) is 31.0. The second-order valence-electron chi connectivity index (χ2n) is 11.3. The van der Waals surface area contributed by atoms with Gasteiger partial charge >= 0.3 is 12.4 Å². The molecule has 3 atom stereocenters. The molecule has 6 nitrogen and oxygen atoms in total. The van der Waals surface area contributed by atoms with Gasteiger partial charge in [-0.15, -0.1) is 10.2 Å². The van der Waals surface area contributed by atoms with Crippen LogP contribution in [0.25, 0.3) is 0 Å². The first-order valence-electron chi connectivity index (χ1n) is 14.1. The van der Waals surface area contributed by atoms with E-state index < -0.39 is 47.4 Å². The number of piperidine rings is 1. The van der Waals surface area contributed by atoms with Crippen LogP contribution >= 0.6 is 0 Å². The molecule has 5 rings (SSSR count).